The highest BCUT2D eigenvalue weighted by atomic mass is 79.9. The molecule has 0 spiro atoms. The van der Waals surface area contributed by atoms with Gasteiger partial charge >= 0.3 is 0 Å². The van der Waals surface area contributed by atoms with Crippen LogP contribution < -0.4 is 27.3 Å². The van der Waals surface area contributed by atoms with E-state index in [1.54, 1.807) is 0 Å². The first-order valence-corrected chi connectivity index (χ1v) is 3.40. The topological polar surface area (TPSA) is 29.9 Å². The van der Waals surface area contributed by atoms with Crippen molar-refractivity contribution in [3.05, 3.63) is 22.8 Å². The smallest absolute Gasteiger partial charge is 0.272 e. The Balaban J connectivity index is 0.000000810. The molecular weight excluding hydrogens is 260 g/mol. The second-order valence-electron chi connectivity index (χ2n) is 1.88. The summed E-state index contributed by atoms with van der Waals surface area (Å²) < 4.78 is 2.89. The molecule has 4 heteroatoms. The maximum atomic E-state index is 5.53. The van der Waals surface area contributed by atoms with Gasteiger partial charge in [0.1, 0.15) is 6.20 Å². The minimum absolute atomic E-state index is 0. The predicted molar refractivity (Wildman–Crippen MR) is 39.7 cm³/mol. The number of nitrogen functional groups attached to an aromatic ring is 1. The summed E-state index contributed by atoms with van der Waals surface area (Å²) in [6.45, 7) is 0. The van der Waals surface area contributed by atoms with Crippen LogP contribution >= 0.6 is 15.9 Å². The van der Waals surface area contributed by atoms with E-state index in [0.717, 1.165) is 10.3 Å². The Bertz CT molecular complexity index is 225. The van der Waals surface area contributed by atoms with Crippen molar-refractivity contribution < 1.29 is 21.5 Å². The largest absolute Gasteiger partial charge is 1.00 e. The molecule has 56 valence electrons. The molecule has 0 aliphatic rings. The lowest BCUT2D eigenvalue weighted by Gasteiger charge is -1.93. The first kappa shape index (κ1) is 9.91. The first-order chi connectivity index (χ1) is 4.20. The molecule has 0 saturated carbocycles. The number of nitrogens with two attached hydrogens (primary N) is 1. The summed E-state index contributed by atoms with van der Waals surface area (Å²) in [6, 6.07) is 3.76. The lowest BCUT2D eigenvalue weighted by atomic mass is 10.4. The van der Waals surface area contributed by atoms with E-state index in [4.69, 9.17) is 5.73 Å². The Hall–Kier alpha value is -0.0900. The van der Waals surface area contributed by atoms with Crippen LogP contribution in [0.5, 0.6) is 0 Å². The van der Waals surface area contributed by atoms with E-state index in [-0.39, 0.29) is 17.0 Å². The van der Waals surface area contributed by atoms with E-state index in [1.807, 2.05) is 29.9 Å². The zero-order valence-electron chi connectivity index (χ0n) is 5.51. The molecule has 0 aliphatic carbocycles. The number of pyridine rings is 1. The quantitative estimate of drug-likeness (QED) is 0.535. The van der Waals surface area contributed by atoms with Crippen molar-refractivity contribution in [2.75, 3.05) is 5.73 Å². The van der Waals surface area contributed by atoms with Gasteiger partial charge < -0.3 is 17.0 Å². The molecule has 2 N–H and O–H groups in total. The highest BCUT2D eigenvalue weighted by Crippen LogP contribution is 2.05. The van der Waals surface area contributed by atoms with E-state index in [9.17, 15) is 0 Å². The summed E-state index contributed by atoms with van der Waals surface area (Å²) in [5, 5.41) is 0. The van der Waals surface area contributed by atoms with Gasteiger partial charge in [-0.15, -0.1) is 0 Å². The highest BCUT2D eigenvalue weighted by molar-refractivity contribution is 9.10. The number of hydrogen-bond donors (Lipinski definition) is 1. The van der Waals surface area contributed by atoms with Crippen LogP contribution in [0, 0.1) is 0 Å². The van der Waals surface area contributed by atoms with Crippen molar-refractivity contribution >= 4 is 21.7 Å². The van der Waals surface area contributed by atoms with Crippen molar-refractivity contribution in [2.45, 2.75) is 0 Å². The van der Waals surface area contributed by atoms with Crippen LogP contribution in [-0.2, 0) is 7.05 Å². The monoisotopic (exact) mass is 266 g/mol. The molecule has 0 saturated heterocycles. The number of halogens is 2. The van der Waals surface area contributed by atoms with E-state index >= 15 is 0 Å². The van der Waals surface area contributed by atoms with Gasteiger partial charge in [0, 0.05) is 6.07 Å². The minimum atomic E-state index is 0. The molecule has 1 aromatic heterocycles. The zero-order valence-corrected chi connectivity index (χ0v) is 8.68. The zero-order chi connectivity index (χ0) is 6.85. The minimum Gasteiger partial charge on any atom is -1.00 e. The number of aryl methyl sites for hydroxylation is 1. The third kappa shape index (κ3) is 2.27. The van der Waals surface area contributed by atoms with Gasteiger partial charge in [-0.25, -0.2) is 4.57 Å². The average Bonchev–Trinajstić information content (AvgIpc) is 1.80. The Morgan fingerprint density at radius 3 is 2.50 bits per heavy atom. The summed E-state index contributed by atoms with van der Waals surface area (Å²) in [4.78, 5) is 0. The van der Waals surface area contributed by atoms with Crippen molar-refractivity contribution in [3.8, 4) is 0 Å². The number of anilines is 1. The molecule has 0 atom stereocenters. The van der Waals surface area contributed by atoms with Gasteiger partial charge in [-0.1, -0.05) is 0 Å². The fourth-order valence-corrected chi connectivity index (χ4v) is 1.02. The molecule has 0 fully saturated rings. The van der Waals surface area contributed by atoms with Crippen molar-refractivity contribution in [2.24, 2.45) is 7.05 Å². The summed E-state index contributed by atoms with van der Waals surface area (Å²) in [6.07, 6.45) is 1.91. The van der Waals surface area contributed by atoms with Gasteiger partial charge in [0.05, 0.1) is 11.5 Å². The molecule has 2 nitrogen and oxygen atoms in total. The molecule has 0 unspecified atom stereocenters. The van der Waals surface area contributed by atoms with Crippen LogP contribution in [0.25, 0.3) is 0 Å². The van der Waals surface area contributed by atoms with Gasteiger partial charge in [0.2, 0.25) is 0 Å². The number of rotatable bonds is 0. The molecule has 0 bridgehead atoms. The van der Waals surface area contributed by atoms with Gasteiger partial charge in [0.25, 0.3) is 5.82 Å². The summed E-state index contributed by atoms with van der Waals surface area (Å²) in [7, 11) is 1.90. The molecule has 10 heavy (non-hydrogen) atoms. The van der Waals surface area contributed by atoms with Crippen molar-refractivity contribution in [1.82, 2.24) is 0 Å². The molecule has 1 heterocycles. The fraction of sp³-hybridized carbons (Fsp3) is 0.167. The molecule has 1 aromatic rings. The van der Waals surface area contributed by atoms with Crippen LogP contribution in [-0.4, -0.2) is 0 Å². The molecule has 0 amide bonds. The van der Waals surface area contributed by atoms with Gasteiger partial charge in [-0.3, -0.25) is 5.73 Å². The summed E-state index contributed by atoms with van der Waals surface area (Å²) in [5.74, 6) is 0.762. The second-order valence-corrected chi connectivity index (χ2v) is 2.80. The van der Waals surface area contributed by atoms with Crippen molar-refractivity contribution in [1.29, 1.82) is 0 Å². The van der Waals surface area contributed by atoms with Crippen LogP contribution in [0.1, 0.15) is 0 Å². The molecular formula is C6H8Br2N2. The summed E-state index contributed by atoms with van der Waals surface area (Å²) >= 11 is 3.32. The van der Waals surface area contributed by atoms with Gasteiger partial charge in [-0.2, -0.15) is 0 Å². The number of nitrogens with zero attached hydrogens (tertiary/aromatic N) is 1. The number of hydrogen-bond acceptors (Lipinski definition) is 1. The predicted octanol–water partition coefficient (Wildman–Crippen LogP) is -2.14. The second kappa shape index (κ2) is 3.93. The Kier molecular flexibility index (Phi) is 3.89. The van der Waals surface area contributed by atoms with Crippen LogP contribution in [0.15, 0.2) is 22.8 Å². The third-order valence-corrected chi connectivity index (χ3v) is 1.61. The van der Waals surface area contributed by atoms with E-state index in [2.05, 4.69) is 15.9 Å². The Morgan fingerprint density at radius 2 is 2.10 bits per heavy atom. The maximum Gasteiger partial charge on any atom is 0.272 e. The molecule has 0 aromatic carbocycles. The SMILES string of the molecule is C[n+]1cc(Br)ccc1N.[Br-]. The van der Waals surface area contributed by atoms with Crippen LogP contribution in [0.2, 0.25) is 0 Å². The standard InChI is InChI=1S/C6H7BrN2.BrH/c1-9-4-5(7)2-3-6(9)8;/h2-4,8H,1H3;1H. The van der Waals surface area contributed by atoms with Gasteiger partial charge in [-0.05, 0) is 22.0 Å². The lowest BCUT2D eigenvalue weighted by Crippen LogP contribution is -3.00. The molecule has 0 radical (unpaired) electrons. The van der Waals surface area contributed by atoms with Crippen molar-refractivity contribution in [3.63, 3.8) is 0 Å². The van der Waals surface area contributed by atoms with E-state index in [0.29, 0.717) is 0 Å². The highest BCUT2D eigenvalue weighted by Gasteiger charge is 1.96. The van der Waals surface area contributed by atoms with Crippen LogP contribution in [0.3, 0.4) is 0 Å². The van der Waals surface area contributed by atoms with Crippen LogP contribution in [0.4, 0.5) is 5.82 Å². The third-order valence-electron chi connectivity index (χ3n) is 1.14. The average molecular weight is 268 g/mol. The Labute approximate surface area is 78.9 Å². The van der Waals surface area contributed by atoms with E-state index in [1.165, 1.54) is 0 Å². The maximum absolute atomic E-state index is 5.53. The normalized spacial score (nSPS) is 8.60. The lowest BCUT2D eigenvalue weighted by molar-refractivity contribution is -0.657. The van der Waals surface area contributed by atoms with Gasteiger partial charge in [0.15, 0.2) is 0 Å². The fourth-order valence-electron chi connectivity index (χ4n) is 0.585. The summed E-state index contributed by atoms with van der Waals surface area (Å²) in [5.41, 5.74) is 5.53. The molecule has 1 rings (SSSR count). The number of aromatic nitrogens is 1. The van der Waals surface area contributed by atoms with E-state index < -0.39 is 0 Å². The molecule has 0 aliphatic heterocycles. The first-order valence-electron chi connectivity index (χ1n) is 2.61. The Morgan fingerprint density at radius 1 is 1.50 bits per heavy atom.